The van der Waals surface area contributed by atoms with E-state index in [4.69, 9.17) is 0 Å². The van der Waals surface area contributed by atoms with Crippen LogP contribution in [0, 0.1) is 12.3 Å². The Balaban J connectivity index is 2.46. The van der Waals surface area contributed by atoms with Gasteiger partial charge in [0.15, 0.2) is 0 Å². The van der Waals surface area contributed by atoms with Crippen LogP contribution in [0.4, 0.5) is 32.0 Å². The van der Waals surface area contributed by atoms with Crippen LogP contribution < -0.4 is 4.90 Å². The zero-order valence-electron chi connectivity index (χ0n) is 24.5. The minimum Gasteiger partial charge on any atom is -0.395 e. The molecule has 43 heavy (non-hydrogen) atoms. The first-order valence-corrected chi connectivity index (χ1v) is 14.2. The van der Waals surface area contributed by atoms with Crippen molar-refractivity contribution in [3.63, 3.8) is 0 Å². The molecule has 1 unspecified atom stereocenters. The second kappa shape index (κ2) is 13.4. The maximum absolute atomic E-state index is 16.5. The van der Waals surface area contributed by atoms with Gasteiger partial charge in [0, 0.05) is 29.8 Å². The predicted molar refractivity (Wildman–Crippen MR) is 154 cm³/mol. The van der Waals surface area contributed by atoms with E-state index >= 15 is 4.39 Å². The van der Waals surface area contributed by atoms with E-state index in [1.807, 2.05) is 0 Å². The molecule has 11 heteroatoms. The summed E-state index contributed by atoms with van der Waals surface area (Å²) >= 11 is 0. The number of aliphatic hydroxyl groups is 4. The summed E-state index contributed by atoms with van der Waals surface area (Å²) in [5.41, 5.74) is -7.28. The first kappa shape index (κ1) is 34.6. The van der Waals surface area contributed by atoms with Gasteiger partial charge in [-0.2, -0.15) is 22.0 Å². The minimum absolute atomic E-state index is 0.0125. The molecule has 0 aliphatic heterocycles. The molecule has 0 bridgehead atoms. The average molecular weight is 616 g/mol. The van der Waals surface area contributed by atoms with E-state index in [0.717, 1.165) is 0 Å². The number of hydrogen-bond donors (Lipinski definition) is 4. The first-order valence-electron chi connectivity index (χ1n) is 14.2. The third-order valence-electron chi connectivity index (χ3n) is 8.11. The highest BCUT2D eigenvalue weighted by Crippen LogP contribution is 2.57. The quantitative estimate of drug-likeness (QED) is 0.197. The van der Waals surface area contributed by atoms with E-state index in [1.165, 1.54) is 41.3 Å². The molecule has 0 heterocycles. The number of aliphatic hydroxyl groups excluding tert-OH is 3. The van der Waals surface area contributed by atoms with Crippen molar-refractivity contribution in [2.24, 2.45) is 5.41 Å². The molecule has 238 valence electrons. The monoisotopic (exact) mass is 615 g/mol. The zero-order valence-corrected chi connectivity index (χ0v) is 24.5. The lowest BCUT2D eigenvalue weighted by molar-refractivity contribution is -0.375. The summed E-state index contributed by atoms with van der Waals surface area (Å²) in [5.74, 6) is 0. The van der Waals surface area contributed by atoms with Crippen molar-refractivity contribution >= 4 is 5.69 Å². The van der Waals surface area contributed by atoms with E-state index in [2.05, 4.69) is 0 Å². The summed E-state index contributed by atoms with van der Waals surface area (Å²) in [4.78, 5) is 1.41. The number of alkyl halides is 6. The van der Waals surface area contributed by atoms with Crippen LogP contribution in [-0.2, 0) is 12.1 Å². The summed E-state index contributed by atoms with van der Waals surface area (Å²) in [6, 6.07) is 8.60. The highest BCUT2D eigenvalue weighted by atomic mass is 19.4. The lowest BCUT2D eigenvalue weighted by Crippen LogP contribution is -2.54. The molecule has 1 aliphatic rings. The number of benzene rings is 2. The fraction of sp³-hybridized carbons (Fsp3) is 0.500. The van der Waals surface area contributed by atoms with Crippen molar-refractivity contribution in [3.05, 3.63) is 76.4 Å². The SMILES string of the molecule is CCCc1c(C)cc(-c2ccccc2)c(C(F)(C(O)(F)F)C(F)(F)F)c1N(CCC)CC1=CC=C(CO)C(CO)(CO)C1. The molecule has 3 rings (SSSR count). The third-order valence-corrected chi connectivity index (χ3v) is 8.11. The van der Waals surface area contributed by atoms with Gasteiger partial charge in [0.25, 0.3) is 0 Å². The second-order valence-corrected chi connectivity index (χ2v) is 11.1. The fourth-order valence-corrected chi connectivity index (χ4v) is 5.89. The Morgan fingerprint density at radius 1 is 0.907 bits per heavy atom. The van der Waals surface area contributed by atoms with Gasteiger partial charge < -0.3 is 25.3 Å². The number of hydrogen-bond acceptors (Lipinski definition) is 5. The number of rotatable bonds is 13. The predicted octanol–water partition coefficient (Wildman–Crippen LogP) is 6.36. The Hall–Kier alpha value is -2.86. The summed E-state index contributed by atoms with van der Waals surface area (Å²) in [7, 11) is 0. The molecule has 0 saturated heterocycles. The summed E-state index contributed by atoms with van der Waals surface area (Å²) in [6.07, 6.45) is -8.06. The van der Waals surface area contributed by atoms with Gasteiger partial charge in [-0.15, -0.1) is 0 Å². The average Bonchev–Trinajstić information content (AvgIpc) is 2.96. The zero-order chi connectivity index (χ0) is 32.2. The summed E-state index contributed by atoms with van der Waals surface area (Å²) < 4.78 is 90.0. The van der Waals surface area contributed by atoms with E-state index < -0.39 is 54.3 Å². The van der Waals surface area contributed by atoms with E-state index in [9.17, 15) is 42.4 Å². The molecule has 0 amide bonds. The van der Waals surface area contributed by atoms with Crippen molar-refractivity contribution in [2.75, 3.05) is 37.8 Å². The Kier molecular flexibility index (Phi) is 10.8. The van der Waals surface area contributed by atoms with Gasteiger partial charge in [-0.1, -0.05) is 68.8 Å². The van der Waals surface area contributed by atoms with Gasteiger partial charge in [0.2, 0.25) is 0 Å². The van der Waals surface area contributed by atoms with Crippen LogP contribution in [0.1, 0.15) is 49.8 Å². The van der Waals surface area contributed by atoms with Crippen molar-refractivity contribution < 1.29 is 46.8 Å². The highest BCUT2D eigenvalue weighted by molar-refractivity contribution is 5.80. The largest absolute Gasteiger partial charge is 0.435 e. The molecular weight excluding hydrogens is 576 g/mol. The topological polar surface area (TPSA) is 84.2 Å². The Bertz CT molecular complexity index is 1300. The molecule has 0 fully saturated rings. The van der Waals surface area contributed by atoms with Crippen molar-refractivity contribution in [1.82, 2.24) is 0 Å². The summed E-state index contributed by atoms with van der Waals surface area (Å²) in [6.45, 7) is 3.47. The molecule has 1 atom stereocenters. The maximum Gasteiger partial charge on any atom is 0.435 e. The number of halogens is 6. The van der Waals surface area contributed by atoms with Crippen molar-refractivity contribution in [2.45, 2.75) is 64.4 Å². The molecule has 1 aliphatic carbocycles. The summed E-state index contributed by atoms with van der Waals surface area (Å²) in [5, 5.41) is 39.7. The van der Waals surface area contributed by atoms with E-state index in [1.54, 1.807) is 32.9 Å². The normalized spacial score (nSPS) is 16.9. The number of nitrogens with zero attached hydrogens (tertiary/aromatic N) is 1. The van der Waals surface area contributed by atoms with Gasteiger partial charge in [0.05, 0.1) is 19.8 Å². The molecule has 0 aromatic heterocycles. The molecular formula is C32H39F6NO4. The van der Waals surface area contributed by atoms with Crippen LogP contribution in [0.5, 0.6) is 0 Å². The number of aryl methyl sites for hydroxylation is 1. The molecule has 2 aromatic carbocycles. The maximum atomic E-state index is 16.5. The lowest BCUT2D eigenvalue weighted by Gasteiger charge is -2.41. The third kappa shape index (κ3) is 6.50. The van der Waals surface area contributed by atoms with Crippen LogP contribution >= 0.6 is 0 Å². The standard InChI is InChI=1S/C32H39F6NO4/c1-4-9-25-21(3)15-26(23-10-7-6-8-11-23)27(30(33,31(34,35)36)32(37,38)43)28(25)39(14-5-2)17-22-12-13-24(18-40)29(16-22,19-41)20-42/h6-8,10-13,15,40-43H,4-5,9,14,16-20H2,1-3H3. The van der Waals surface area contributed by atoms with Gasteiger partial charge >= 0.3 is 18.0 Å². The second-order valence-electron chi connectivity index (χ2n) is 11.1. The smallest absolute Gasteiger partial charge is 0.395 e. The lowest BCUT2D eigenvalue weighted by atomic mass is 9.73. The molecule has 0 radical (unpaired) electrons. The van der Waals surface area contributed by atoms with Crippen LogP contribution in [0.3, 0.4) is 0 Å². The highest BCUT2D eigenvalue weighted by Gasteiger charge is 2.74. The fourth-order valence-electron chi connectivity index (χ4n) is 5.89. The van der Waals surface area contributed by atoms with Crippen LogP contribution in [-0.4, -0.2) is 65.6 Å². The molecule has 4 N–H and O–H groups in total. The van der Waals surface area contributed by atoms with Gasteiger partial charge in [-0.25, -0.2) is 4.39 Å². The Morgan fingerprint density at radius 2 is 1.53 bits per heavy atom. The van der Waals surface area contributed by atoms with Crippen LogP contribution in [0.2, 0.25) is 0 Å². The van der Waals surface area contributed by atoms with Gasteiger partial charge in [-0.3, -0.25) is 0 Å². The van der Waals surface area contributed by atoms with Gasteiger partial charge in [0.1, 0.15) is 0 Å². The van der Waals surface area contributed by atoms with Crippen LogP contribution in [0.15, 0.2) is 59.7 Å². The van der Waals surface area contributed by atoms with Crippen molar-refractivity contribution in [1.29, 1.82) is 0 Å². The van der Waals surface area contributed by atoms with E-state index in [0.29, 0.717) is 29.6 Å². The molecule has 0 saturated carbocycles. The van der Waals surface area contributed by atoms with Gasteiger partial charge in [-0.05, 0) is 59.6 Å². The number of anilines is 1. The van der Waals surface area contributed by atoms with E-state index in [-0.39, 0.29) is 42.7 Å². The van der Waals surface area contributed by atoms with Crippen molar-refractivity contribution in [3.8, 4) is 11.1 Å². The number of allylic oxidation sites excluding steroid dienone is 2. The Labute approximate surface area is 247 Å². The van der Waals surface area contributed by atoms with Crippen LogP contribution in [0.25, 0.3) is 11.1 Å². The minimum atomic E-state index is -6.22. The molecule has 5 nitrogen and oxygen atoms in total. The molecule has 0 spiro atoms. The molecule has 2 aromatic rings. The Morgan fingerprint density at radius 3 is 2.02 bits per heavy atom. The first-order chi connectivity index (χ1) is 20.1.